The van der Waals surface area contributed by atoms with Gasteiger partial charge in [-0.3, -0.25) is 9.59 Å². The minimum Gasteiger partial charge on any atom is -0.378 e. The average molecular weight is 444 g/mol. The largest absolute Gasteiger partial charge is 0.378 e. The van der Waals surface area contributed by atoms with Crippen molar-refractivity contribution in [1.29, 1.82) is 0 Å². The SMILES string of the molecule is CCOC(C(=O)N1CCC(S(C)(=O)=NC(=O)c2cnc(COC)s2)CC1)C1CC1. The van der Waals surface area contributed by atoms with E-state index in [-0.39, 0.29) is 17.3 Å². The second-order valence-electron chi connectivity index (χ2n) is 7.55. The van der Waals surface area contributed by atoms with E-state index in [0.29, 0.717) is 54.9 Å². The first-order valence-corrected chi connectivity index (χ1v) is 12.7. The minimum absolute atomic E-state index is 0.0405. The molecule has 29 heavy (non-hydrogen) atoms. The Labute approximate surface area is 176 Å². The molecule has 2 unspecified atom stereocenters. The van der Waals surface area contributed by atoms with Crippen molar-refractivity contribution in [3.8, 4) is 0 Å². The first-order valence-electron chi connectivity index (χ1n) is 9.95. The number of nitrogens with zero attached hydrogens (tertiary/aromatic N) is 3. The molecule has 8 nitrogen and oxygen atoms in total. The lowest BCUT2D eigenvalue weighted by molar-refractivity contribution is -0.145. The zero-order valence-corrected chi connectivity index (χ0v) is 18.8. The fourth-order valence-corrected chi connectivity index (χ4v) is 6.06. The number of hydrogen-bond acceptors (Lipinski definition) is 7. The maximum absolute atomic E-state index is 13.1. The van der Waals surface area contributed by atoms with E-state index in [1.54, 1.807) is 7.11 Å². The molecule has 0 spiro atoms. The van der Waals surface area contributed by atoms with Gasteiger partial charge in [0.15, 0.2) is 0 Å². The van der Waals surface area contributed by atoms with Gasteiger partial charge in [0.25, 0.3) is 11.8 Å². The van der Waals surface area contributed by atoms with Gasteiger partial charge in [-0.25, -0.2) is 9.19 Å². The van der Waals surface area contributed by atoms with E-state index in [9.17, 15) is 13.8 Å². The summed E-state index contributed by atoms with van der Waals surface area (Å²) in [6.07, 6.45) is 5.87. The van der Waals surface area contributed by atoms with Gasteiger partial charge in [0.05, 0.1) is 22.5 Å². The van der Waals surface area contributed by atoms with Crippen LogP contribution in [0.15, 0.2) is 10.6 Å². The molecule has 2 atom stereocenters. The molecular weight excluding hydrogens is 414 g/mol. The first kappa shape index (κ1) is 22.3. The molecule has 0 radical (unpaired) electrons. The van der Waals surface area contributed by atoms with Crippen LogP contribution in [-0.4, -0.2) is 70.3 Å². The van der Waals surface area contributed by atoms with Crippen molar-refractivity contribution in [2.75, 3.05) is 33.1 Å². The van der Waals surface area contributed by atoms with Crippen molar-refractivity contribution < 1.29 is 23.3 Å². The summed E-state index contributed by atoms with van der Waals surface area (Å²) in [4.78, 5) is 31.5. The van der Waals surface area contributed by atoms with Gasteiger partial charge in [-0.05, 0) is 38.5 Å². The Morgan fingerprint density at radius 2 is 2.03 bits per heavy atom. The number of aromatic nitrogens is 1. The van der Waals surface area contributed by atoms with Gasteiger partial charge in [-0.2, -0.15) is 4.36 Å². The van der Waals surface area contributed by atoms with E-state index in [0.717, 1.165) is 12.8 Å². The third-order valence-electron chi connectivity index (χ3n) is 5.31. The van der Waals surface area contributed by atoms with Crippen LogP contribution in [-0.2, 0) is 30.6 Å². The summed E-state index contributed by atoms with van der Waals surface area (Å²) in [5, 5.41) is 0.466. The molecule has 1 aliphatic heterocycles. The molecule has 2 fully saturated rings. The van der Waals surface area contributed by atoms with Crippen molar-refractivity contribution in [3.63, 3.8) is 0 Å². The number of piperidine rings is 1. The highest BCUT2D eigenvalue weighted by Gasteiger charge is 2.40. The fraction of sp³-hybridized carbons (Fsp3) is 0.737. The van der Waals surface area contributed by atoms with E-state index in [4.69, 9.17) is 9.47 Å². The summed E-state index contributed by atoms with van der Waals surface area (Å²) < 4.78 is 27.8. The summed E-state index contributed by atoms with van der Waals surface area (Å²) in [6, 6.07) is 0. The van der Waals surface area contributed by atoms with Gasteiger partial charge < -0.3 is 14.4 Å². The number of ether oxygens (including phenoxy) is 2. The lowest BCUT2D eigenvalue weighted by Gasteiger charge is -2.34. The number of likely N-dealkylation sites (tertiary alicyclic amines) is 1. The standard InChI is InChI=1S/C19H29N3O5S2/c1-4-27-17(13-5-6-13)19(24)22-9-7-14(8-10-22)29(3,25)21-18(23)15-11-20-16(28-15)12-26-2/h11,13-14,17H,4-10,12H2,1-3H3. The zero-order valence-electron chi connectivity index (χ0n) is 17.2. The lowest BCUT2D eigenvalue weighted by atomic mass is 10.1. The maximum atomic E-state index is 13.1. The summed E-state index contributed by atoms with van der Waals surface area (Å²) in [5.74, 6) is -0.120. The van der Waals surface area contributed by atoms with Crippen LogP contribution in [0.25, 0.3) is 0 Å². The Morgan fingerprint density at radius 3 is 2.62 bits per heavy atom. The Kier molecular flexibility index (Phi) is 7.42. The van der Waals surface area contributed by atoms with Gasteiger partial charge in [0.1, 0.15) is 16.0 Å². The molecule has 3 rings (SSSR count). The van der Waals surface area contributed by atoms with Gasteiger partial charge in [-0.15, -0.1) is 11.3 Å². The summed E-state index contributed by atoms with van der Waals surface area (Å²) in [5.41, 5.74) is 0. The number of rotatable bonds is 8. The van der Waals surface area contributed by atoms with Crippen molar-refractivity contribution in [2.24, 2.45) is 10.3 Å². The van der Waals surface area contributed by atoms with Crippen molar-refractivity contribution >= 4 is 32.9 Å². The third-order valence-corrected chi connectivity index (χ3v) is 8.50. The van der Waals surface area contributed by atoms with Crippen LogP contribution in [0.4, 0.5) is 0 Å². The zero-order chi connectivity index (χ0) is 21.0. The highest BCUT2D eigenvalue weighted by molar-refractivity contribution is 7.93. The fourth-order valence-electron chi connectivity index (χ4n) is 3.56. The van der Waals surface area contributed by atoms with Crippen LogP contribution in [0.1, 0.15) is 47.3 Å². The van der Waals surface area contributed by atoms with E-state index in [1.807, 2.05) is 11.8 Å². The summed E-state index contributed by atoms with van der Waals surface area (Å²) in [6.45, 7) is 3.80. The van der Waals surface area contributed by atoms with Crippen molar-refractivity contribution in [2.45, 2.75) is 50.6 Å². The number of carbonyl (C=O) groups excluding carboxylic acids is 2. The Hall–Kier alpha value is -1.36. The van der Waals surface area contributed by atoms with Crippen LogP contribution >= 0.6 is 11.3 Å². The molecule has 1 saturated heterocycles. The molecule has 1 aromatic heterocycles. The molecule has 1 saturated carbocycles. The molecule has 10 heteroatoms. The van der Waals surface area contributed by atoms with Crippen LogP contribution < -0.4 is 0 Å². The second kappa shape index (κ2) is 9.63. The molecule has 0 aromatic carbocycles. The highest BCUT2D eigenvalue weighted by Crippen LogP contribution is 2.35. The van der Waals surface area contributed by atoms with Crippen molar-refractivity contribution in [3.05, 3.63) is 16.1 Å². The van der Waals surface area contributed by atoms with Gasteiger partial charge in [-0.1, -0.05) is 0 Å². The third kappa shape index (κ3) is 5.62. The predicted molar refractivity (Wildman–Crippen MR) is 111 cm³/mol. The number of carbonyl (C=O) groups is 2. The monoisotopic (exact) mass is 443 g/mol. The van der Waals surface area contributed by atoms with E-state index in [1.165, 1.54) is 23.8 Å². The molecule has 1 aliphatic carbocycles. The minimum atomic E-state index is -2.71. The quantitative estimate of drug-likeness (QED) is 0.612. The number of hydrogen-bond donors (Lipinski definition) is 0. The smallest absolute Gasteiger partial charge is 0.296 e. The molecule has 162 valence electrons. The number of thiazole rings is 1. The van der Waals surface area contributed by atoms with Crippen LogP contribution in [0.3, 0.4) is 0 Å². The number of amides is 2. The number of methoxy groups -OCH3 is 1. The average Bonchev–Trinajstić information content (AvgIpc) is 3.43. The molecule has 0 bridgehead atoms. The van der Waals surface area contributed by atoms with E-state index < -0.39 is 15.6 Å². The molecule has 0 N–H and O–H groups in total. The Bertz CT molecular complexity index is 850. The van der Waals surface area contributed by atoms with Gasteiger partial charge >= 0.3 is 0 Å². The van der Waals surface area contributed by atoms with Crippen LogP contribution in [0.2, 0.25) is 0 Å². The normalized spacial score (nSPS) is 20.9. The molecule has 2 aliphatic rings. The van der Waals surface area contributed by atoms with Gasteiger partial charge in [0.2, 0.25) is 0 Å². The van der Waals surface area contributed by atoms with E-state index in [2.05, 4.69) is 9.35 Å². The molecular formula is C19H29N3O5S2. The maximum Gasteiger partial charge on any atom is 0.296 e. The molecule has 1 aromatic rings. The lowest BCUT2D eigenvalue weighted by Crippen LogP contribution is -2.47. The Morgan fingerprint density at radius 1 is 1.34 bits per heavy atom. The first-order chi connectivity index (χ1) is 13.9. The van der Waals surface area contributed by atoms with Crippen molar-refractivity contribution in [1.82, 2.24) is 9.88 Å². The van der Waals surface area contributed by atoms with E-state index >= 15 is 0 Å². The second-order valence-corrected chi connectivity index (χ2v) is 11.2. The topological polar surface area (TPSA) is 98.2 Å². The van der Waals surface area contributed by atoms with Gasteiger partial charge in [0, 0.05) is 38.3 Å². The predicted octanol–water partition coefficient (Wildman–Crippen LogP) is 2.33. The molecule has 2 amide bonds. The summed E-state index contributed by atoms with van der Waals surface area (Å²) in [7, 11) is -1.15. The Balaban J connectivity index is 1.61. The highest BCUT2D eigenvalue weighted by atomic mass is 32.2. The molecule has 2 heterocycles. The van der Waals surface area contributed by atoms with Crippen LogP contribution in [0, 0.1) is 5.92 Å². The summed E-state index contributed by atoms with van der Waals surface area (Å²) >= 11 is 1.20. The van der Waals surface area contributed by atoms with Crippen LogP contribution in [0.5, 0.6) is 0 Å².